The second-order valence-corrected chi connectivity index (χ2v) is 6.98. The first-order valence-electron chi connectivity index (χ1n) is 6.65. The standard InChI is InChI=1S/C16H22Si/c1-4-7-14-8-5-6-9-16(14)17-15-11-10-12(2)13(15)3/h5-6,8-10H,4,7,11,17H2,1-3H3. The monoisotopic (exact) mass is 242 g/mol. The van der Waals surface area contributed by atoms with Crippen molar-refractivity contribution in [2.75, 3.05) is 0 Å². The minimum atomic E-state index is -0.236. The number of hydrogen-bond acceptors (Lipinski definition) is 0. The Labute approximate surface area is 107 Å². The zero-order valence-electron chi connectivity index (χ0n) is 11.2. The third-order valence-corrected chi connectivity index (χ3v) is 6.13. The lowest BCUT2D eigenvalue weighted by Crippen LogP contribution is -2.21. The largest absolute Gasteiger partial charge is 0.0835 e. The van der Waals surface area contributed by atoms with Crippen molar-refractivity contribution in [2.45, 2.75) is 40.0 Å². The lowest BCUT2D eigenvalue weighted by molar-refractivity contribution is 0.927. The highest BCUT2D eigenvalue weighted by molar-refractivity contribution is 6.62. The van der Waals surface area contributed by atoms with Crippen LogP contribution >= 0.6 is 0 Å². The van der Waals surface area contributed by atoms with Crippen LogP contribution in [0.1, 0.15) is 39.2 Å². The van der Waals surface area contributed by atoms with Crippen LogP contribution in [0.25, 0.3) is 0 Å². The minimum absolute atomic E-state index is 0.236. The molecule has 0 aliphatic heterocycles. The maximum Gasteiger partial charge on any atom is 0.0835 e. The fraction of sp³-hybridized carbons (Fsp3) is 0.375. The molecule has 0 nitrogen and oxygen atoms in total. The summed E-state index contributed by atoms with van der Waals surface area (Å²) in [5.74, 6) is 0. The molecule has 0 aromatic heterocycles. The molecule has 0 radical (unpaired) electrons. The molecule has 1 aromatic carbocycles. The van der Waals surface area contributed by atoms with Gasteiger partial charge in [-0.3, -0.25) is 0 Å². The van der Waals surface area contributed by atoms with Gasteiger partial charge < -0.3 is 0 Å². The fourth-order valence-electron chi connectivity index (χ4n) is 2.54. The maximum atomic E-state index is 2.39. The molecule has 0 heterocycles. The van der Waals surface area contributed by atoms with Crippen LogP contribution in [0.5, 0.6) is 0 Å². The number of hydrogen-bond donors (Lipinski definition) is 0. The summed E-state index contributed by atoms with van der Waals surface area (Å²) >= 11 is 0. The summed E-state index contributed by atoms with van der Waals surface area (Å²) in [6.45, 7) is 6.81. The van der Waals surface area contributed by atoms with Crippen molar-refractivity contribution in [2.24, 2.45) is 0 Å². The van der Waals surface area contributed by atoms with Crippen LogP contribution < -0.4 is 5.19 Å². The van der Waals surface area contributed by atoms with E-state index in [-0.39, 0.29) is 9.52 Å². The van der Waals surface area contributed by atoms with E-state index in [9.17, 15) is 0 Å². The van der Waals surface area contributed by atoms with Gasteiger partial charge in [-0.25, -0.2) is 0 Å². The van der Waals surface area contributed by atoms with Crippen molar-refractivity contribution in [1.29, 1.82) is 0 Å². The molecule has 0 bridgehead atoms. The SMILES string of the molecule is CCCc1ccccc1[SiH2]C1=C(C)C(C)=CC1. The molecule has 0 N–H and O–H groups in total. The van der Waals surface area contributed by atoms with Gasteiger partial charge in [-0.15, -0.1) is 0 Å². The normalized spacial score (nSPS) is 16.1. The van der Waals surface area contributed by atoms with E-state index in [1.807, 2.05) is 0 Å². The molecule has 17 heavy (non-hydrogen) atoms. The van der Waals surface area contributed by atoms with Crippen LogP contribution in [0.3, 0.4) is 0 Å². The van der Waals surface area contributed by atoms with Crippen LogP contribution in [0.15, 0.2) is 46.7 Å². The summed E-state index contributed by atoms with van der Waals surface area (Å²) in [4.78, 5) is 0. The lowest BCUT2D eigenvalue weighted by Gasteiger charge is -2.10. The molecular weight excluding hydrogens is 220 g/mol. The summed E-state index contributed by atoms with van der Waals surface area (Å²) in [6, 6.07) is 9.05. The van der Waals surface area contributed by atoms with Crippen LogP contribution in [-0.2, 0) is 6.42 Å². The van der Waals surface area contributed by atoms with Gasteiger partial charge in [0.25, 0.3) is 0 Å². The molecule has 0 unspecified atom stereocenters. The van der Waals surface area contributed by atoms with E-state index in [1.54, 1.807) is 21.5 Å². The summed E-state index contributed by atoms with van der Waals surface area (Å²) in [5.41, 5.74) is 4.66. The van der Waals surface area contributed by atoms with Gasteiger partial charge in [0.15, 0.2) is 0 Å². The fourth-order valence-corrected chi connectivity index (χ4v) is 4.61. The van der Waals surface area contributed by atoms with E-state index < -0.39 is 0 Å². The summed E-state index contributed by atoms with van der Waals surface area (Å²) < 4.78 is 0. The van der Waals surface area contributed by atoms with Crippen molar-refractivity contribution in [3.63, 3.8) is 0 Å². The average molecular weight is 242 g/mol. The molecule has 1 aliphatic rings. The first kappa shape index (κ1) is 12.4. The van der Waals surface area contributed by atoms with Gasteiger partial charge in [0.05, 0.1) is 9.52 Å². The average Bonchev–Trinajstić information content (AvgIpc) is 2.64. The van der Waals surface area contributed by atoms with Gasteiger partial charge >= 0.3 is 0 Å². The predicted molar refractivity (Wildman–Crippen MR) is 79.7 cm³/mol. The third kappa shape index (κ3) is 2.78. The van der Waals surface area contributed by atoms with Gasteiger partial charge in [-0.1, -0.05) is 65.2 Å². The van der Waals surface area contributed by atoms with Gasteiger partial charge in [0.2, 0.25) is 0 Å². The van der Waals surface area contributed by atoms with Crippen LogP contribution in [0, 0.1) is 0 Å². The van der Waals surface area contributed by atoms with Crippen LogP contribution in [0.4, 0.5) is 0 Å². The van der Waals surface area contributed by atoms with Crippen molar-refractivity contribution in [1.82, 2.24) is 0 Å². The molecule has 0 saturated heterocycles. The zero-order valence-corrected chi connectivity index (χ0v) is 12.6. The summed E-state index contributed by atoms with van der Waals surface area (Å²) in [6.07, 6.45) is 6.09. The highest BCUT2D eigenvalue weighted by Gasteiger charge is 2.12. The molecule has 1 aliphatic carbocycles. The Kier molecular flexibility index (Phi) is 4.00. The minimum Gasteiger partial charge on any atom is -0.0777 e. The van der Waals surface area contributed by atoms with E-state index in [2.05, 4.69) is 51.1 Å². The van der Waals surface area contributed by atoms with E-state index in [0.29, 0.717) is 0 Å². The Morgan fingerprint density at radius 2 is 1.94 bits per heavy atom. The summed E-state index contributed by atoms with van der Waals surface area (Å²) in [7, 11) is -0.236. The van der Waals surface area contributed by atoms with Gasteiger partial charge in [-0.2, -0.15) is 0 Å². The number of allylic oxidation sites excluding steroid dienone is 4. The van der Waals surface area contributed by atoms with Crippen molar-refractivity contribution < 1.29 is 0 Å². The van der Waals surface area contributed by atoms with Crippen molar-refractivity contribution >= 4 is 14.7 Å². The van der Waals surface area contributed by atoms with Crippen molar-refractivity contribution in [3.05, 3.63) is 52.2 Å². The Hall–Kier alpha value is -1.08. The third-order valence-electron chi connectivity index (χ3n) is 3.82. The molecule has 0 spiro atoms. The van der Waals surface area contributed by atoms with Crippen LogP contribution in [-0.4, -0.2) is 9.52 Å². The number of benzene rings is 1. The first-order valence-corrected chi connectivity index (χ1v) is 8.06. The molecular formula is C16H22Si. The summed E-state index contributed by atoms with van der Waals surface area (Å²) in [5, 5.41) is 3.40. The van der Waals surface area contributed by atoms with E-state index >= 15 is 0 Å². The number of rotatable bonds is 4. The smallest absolute Gasteiger partial charge is 0.0777 e. The lowest BCUT2D eigenvalue weighted by atomic mass is 10.1. The molecule has 2 rings (SSSR count). The van der Waals surface area contributed by atoms with E-state index in [1.165, 1.54) is 24.8 Å². The molecule has 0 saturated carbocycles. The van der Waals surface area contributed by atoms with Crippen LogP contribution in [0.2, 0.25) is 0 Å². The topological polar surface area (TPSA) is 0 Å². The maximum absolute atomic E-state index is 2.39. The van der Waals surface area contributed by atoms with Crippen molar-refractivity contribution in [3.8, 4) is 0 Å². The highest BCUT2D eigenvalue weighted by atomic mass is 28.2. The Morgan fingerprint density at radius 3 is 2.59 bits per heavy atom. The van der Waals surface area contributed by atoms with Gasteiger partial charge in [-0.05, 0) is 32.3 Å². The molecule has 0 amide bonds. The first-order chi connectivity index (χ1) is 8.22. The van der Waals surface area contributed by atoms with E-state index in [4.69, 9.17) is 0 Å². The van der Waals surface area contributed by atoms with Gasteiger partial charge in [0.1, 0.15) is 0 Å². The predicted octanol–water partition coefficient (Wildman–Crippen LogP) is 3.06. The molecule has 90 valence electrons. The second-order valence-electron chi connectivity index (χ2n) is 5.02. The Bertz CT molecular complexity index is 466. The second kappa shape index (κ2) is 5.50. The molecule has 1 heteroatoms. The Morgan fingerprint density at radius 1 is 1.18 bits per heavy atom. The number of aryl methyl sites for hydroxylation is 1. The molecule has 0 fully saturated rings. The molecule has 1 aromatic rings. The van der Waals surface area contributed by atoms with Gasteiger partial charge in [0, 0.05) is 0 Å². The van der Waals surface area contributed by atoms with E-state index in [0.717, 1.165) is 0 Å². The highest BCUT2D eigenvalue weighted by Crippen LogP contribution is 2.24. The molecule has 0 atom stereocenters. The Balaban J connectivity index is 2.20. The zero-order chi connectivity index (χ0) is 12.3. The quantitative estimate of drug-likeness (QED) is 0.712.